The minimum Gasteiger partial charge on any atom is -0.310 e. The number of ketones is 2. The van der Waals surface area contributed by atoms with E-state index in [-0.39, 0.29) is 5.71 Å². The van der Waals surface area contributed by atoms with Gasteiger partial charge in [0.1, 0.15) is 17.4 Å². The van der Waals surface area contributed by atoms with Crippen LogP contribution >= 0.6 is 0 Å². The average molecular weight is 679 g/mol. The molecule has 1 unspecified atom stereocenters. The van der Waals surface area contributed by atoms with Gasteiger partial charge in [-0.05, 0) is 39.9 Å². The number of halogens is 6. The second kappa shape index (κ2) is 11.5. The zero-order valence-electron chi connectivity index (χ0n) is 25.0. The number of carbonyl (C=O) groups excluding carboxylic acids is 2. The van der Waals surface area contributed by atoms with Crippen molar-refractivity contribution < 1.29 is 35.9 Å². The number of aliphatic imine (C=N–C) groups is 1. The largest absolute Gasteiger partial charge is 0.454 e. The van der Waals surface area contributed by atoms with Gasteiger partial charge in [-0.3, -0.25) is 9.59 Å². The van der Waals surface area contributed by atoms with Crippen molar-refractivity contribution in [3.05, 3.63) is 119 Å². The first-order valence-electron chi connectivity index (χ1n) is 14.6. The van der Waals surface area contributed by atoms with Crippen LogP contribution in [0, 0.1) is 22.9 Å². The highest BCUT2D eigenvalue weighted by Gasteiger charge is 2.41. The Hall–Kier alpha value is -6.67. The van der Waals surface area contributed by atoms with Gasteiger partial charge < -0.3 is 5.32 Å². The molecular formula is C36H16F6N6O2. The molecule has 14 heteroatoms. The van der Waals surface area contributed by atoms with E-state index < -0.39 is 41.1 Å². The third kappa shape index (κ3) is 5.23. The Morgan fingerprint density at radius 2 is 1.16 bits per heavy atom. The fourth-order valence-electron chi connectivity index (χ4n) is 6.13. The van der Waals surface area contributed by atoms with Gasteiger partial charge in [-0.2, -0.15) is 41.9 Å². The van der Waals surface area contributed by atoms with Crippen molar-refractivity contribution >= 4 is 17.3 Å². The summed E-state index contributed by atoms with van der Waals surface area (Å²) in [6.45, 7) is 0. The molecule has 0 amide bonds. The zero-order chi connectivity index (χ0) is 35.5. The predicted octanol–water partition coefficient (Wildman–Crippen LogP) is 7.74. The number of Topliss-reactive ketones (excluding diaryl/α,β-unsaturated/α-hetero) is 2. The molecule has 5 aromatic rings. The van der Waals surface area contributed by atoms with Crippen molar-refractivity contribution in [3.8, 4) is 57.2 Å². The fraction of sp³-hybridized carbons (Fsp3) is 0.0833. The molecule has 1 heterocycles. The summed E-state index contributed by atoms with van der Waals surface area (Å²) in [5, 5.41) is 21.9. The van der Waals surface area contributed by atoms with Crippen LogP contribution in [0.15, 0.2) is 89.9 Å². The Labute approximate surface area is 278 Å². The number of nitriles is 2. The molecule has 4 aromatic carbocycles. The van der Waals surface area contributed by atoms with Gasteiger partial charge in [0.2, 0.25) is 6.19 Å². The molecule has 0 saturated carbocycles. The summed E-state index contributed by atoms with van der Waals surface area (Å²) in [4.78, 5) is 37.0. The maximum absolute atomic E-state index is 12.9. The molecule has 0 aliphatic heterocycles. The van der Waals surface area contributed by atoms with E-state index in [2.05, 4.69) is 10.3 Å². The lowest BCUT2D eigenvalue weighted by atomic mass is 9.97. The van der Waals surface area contributed by atoms with Gasteiger partial charge in [0.25, 0.3) is 11.6 Å². The molecule has 50 heavy (non-hydrogen) atoms. The van der Waals surface area contributed by atoms with Crippen LogP contribution in [-0.4, -0.2) is 39.6 Å². The number of fused-ring (bicyclic) bond motifs is 6. The van der Waals surface area contributed by atoms with Gasteiger partial charge in [0, 0.05) is 27.8 Å². The lowest BCUT2D eigenvalue weighted by Gasteiger charge is -2.12. The number of benzene rings is 4. The highest BCUT2D eigenvalue weighted by molar-refractivity contribution is 6.23. The van der Waals surface area contributed by atoms with Crippen LogP contribution in [0.1, 0.15) is 49.3 Å². The van der Waals surface area contributed by atoms with Crippen molar-refractivity contribution in [1.29, 1.82) is 10.5 Å². The van der Waals surface area contributed by atoms with E-state index in [1.165, 1.54) is 24.3 Å². The number of hydrogen-bond donors (Lipinski definition) is 1. The first-order valence-corrected chi connectivity index (χ1v) is 14.6. The maximum Gasteiger partial charge on any atom is 0.454 e. The van der Waals surface area contributed by atoms with Gasteiger partial charge in [-0.15, -0.1) is 0 Å². The molecule has 0 spiro atoms. The van der Waals surface area contributed by atoms with E-state index in [1.54, 1.807) is 42.6 Å². The number of alkyl halides is 6. The SMILES string of the molecule is N#CN=C1c2cc(-c3ccc(C(=O)C(F)(F)F)cc3)ccc2-c2nc3c(nc21)-c1ccc(-c2ccc(C(=O)C(F)(F)F)cc2)cc1C3NC#N. The normalized spacial score (nSPS) is 15.0. The van der Waals surface area contributed by atoms with Gasteiger partial charge in [0.05, 0.1) is 17.1 Å². The summed E-state index contributed by atoms with van der Waals surface area (Å²) in [5.41, 5.74) is 5.17. The molecule has 1 atom stereocenters. The van der Waals surface area contributed by atoms with Gasteiger partial charge in [-0.1, -0.05) is 72.8 Å². The number of aromatic nitrogens is 2. The minimum absolute atomic E-state index is 0.210. The molecular weight excluding hydrogens is 662 g/mol. The number of nitrogens with one attached hydrogen (secondary N) is 1. The summed E-state index contributed by atoms with van der Waals surface area (Å²) >= 11 is 0. The molecule has 0 radical (unpaired) electrons. The molecule has 2 aliphatic carbocycles. The maximum atomic E-state index is 12.9. The average Bonchev–Trinajstić information content (AvgIpc) is 3.56. The number of carbonyl (C=O) groups is 2. The van der Waals surface area contributed by atoms with Gasteiger partial charge in [0.15, 0.2) is 6.19 Å². The van der Waals surface area contributed by atoms with E-state index in [9.17, 15) is 46.5 Å². The van der Waals surface area contributed by atoms with Crippen LogP contribution < -0.4 is 5.32 Å². The van der Waals surface area contributed by atoms with Crippen LogP contribution in [0.25, 0.3) is 44.8 Å². The second-order valence-electron chi connectivity index (χ2n) is 11.3. The fourth-order valence-corrected chi connectivity index (χ4v) is 6.13. The van der Waals surface area contributed by atoms with E-state index in [0.29, 0.717) is 67.3 Å². The lowest BCUT2D eigenvalue weighted by Crippen LogP contribution is -2.22. The summed E-state index contributed by atoms with van der Waals surface area (Å²) in [7, 11) is 0. The quantitative estimate of drug-likeness (QED) is 0.0854. The summed E-state index contributed by atoms with van der Waals surface area (Å²) in [5.74, 6) is -3.91. The smallest absolute Gasteiger partial charge is 0.310 e. The van der Waals surface area contributed by atoms with E-state index in [0.717, 1.165) is 24.3 Å². The molecule has 0 saturated heterocycles. The van der Waals surface area contributed by atoms with Gasteiger partial charge in [-0.25, -0.2) is 9.97 Å². The first kappa shape index (κ1) is 31.9. The molecule has 8 nitrogen and oxygen atoms in total. The topological polar surface area (TPSA) is 132 Å². The predicted molar refractivity (Wildman–Crippen MR) is 166 cm³/mol. The third-order valence-electron chi connectivity index (χ3n) is 8.41. The monoisotopic (exact) mass is 678 g/mol. The standard InChI is InChI=1S/C36H16F6N6O2/c37-35(38,39)33(49)19-5-1-17(2-6-19)21-9-11-23-25(13-21)27(45-15-43)31-29(23)47-32-28(46-16-44)26-14-22(10-12-24(26)30(32)48-31)18-3-7-20(8-4-18)34(50)36(40,41)42/h1-14,27,45H. The Bertz CT molecular complexity index is 2390. The molecule has 1 N–H and O–H groups in total. The summed E-state index contributed by atoms with van der Waals surface area (Å²) < 4.78 is 77.3. The van der Waals surface area contributed by atoms with Crippen molar-refractivity contribution in [2.24, 2.45) is 4.99 Å². The van der Waals surface area contributed by atoms with E-state index in [1.807, 2.05) is 6.19 Å². The van der Waals surface area contributed by atoms with Crippen molar-refractivity contribution in [3.63, 3.8) is 0 Å². The molecule has 244 valence electrons. The Morgan fingerprint density at radius 1 is 0.640 bits per heavy atom. The lowest BCUT2D eigenvalue weighted by molar-refractivity contribution is -0.0888. The highest BCUT2D eigenvalue weighted by atomic mass is 19.4. The van der Waals surface area contributed by atoms with Crippen molar-refractivity contribution in [2.75, 3.05) is 0 Å². The number of hydrogen-bond acceptors (Lipinski definition) is 8. The van der Waals surface area contributed by atoms with Crippen LogP contribution in [0.2, 0.25) is 0 Å². The van der Waals surface area contributed by atoms with Crippen molar-refractivity contribution in [1.82, 2.24) is 15.3 Å². The van der Waals surface area contributed by atoms with Gasteiger partial charge >= 0.3 is 12.4 Å². The molecule has 1 aromatic heterocycles. The molecule has 0 bridgehead atoms. The zero-order valence-corrected chi connectivity index (χ0v) is 25.0. The Morgan fingerprint density at radius 3 is 1.68 bits per heavy atom. The van der Waals surface area contributed by atoms with Crippen LogP contribution in [0.5, 0.6) is 0 Å². The number of rotatable bonds is 5. The second-order valence-corrected chi connectivity index (χ2v) is 11.3. The number of nitrogens with zero attached hydrogens (tertiary/aromatic N) is 5. The molecule has 2 aliphatic rings. The molecule has 7 rings (SSSR count). The van der Waals surface area contributed by atoms with E-state index >= 15 is 0 Å². The van der Waals surface area contributed by atoms with Crippen LogP contribution in [-0.2, 0) is 0 Å². The van der Waals surface area contributed by atoms with Crippen LogP contribution in [0.3, 0.4) is 0 Å². The Balaban J connectivity index is 1.26. The third-order valence-corrected chi connectivity index (χ3v) is 8.41. The molecule has 0 fully saturated rings. The highest BCUT2D eigenvalue weighted by Crippen LogP contribution is 2.47. The van der Waals surface area contributed by atoms with Crippen molar-refractivity contribution in [2.45, 2.75) is 18.4 Å². The van der Waals surface area contributed by atoms with E-state index in [4.69, 9.17) is 9.97 Å². The first-order chi connectivity index (χ1) is 23.8. The van der Waals surface area contributed by atoms with Crippen LogP contribution in [0.4, 0.5) is 26.3 Å². The Kier molecular flexibility index (Phi) is 7.33. The summed E-state index contributed by atoms with van der Waals surface area (Å²) in [6, 6.07) is 19.4. The summed E-state index contributed by atoms with van der Waals surface area (Å²) in [6.07, 6.45) is -6.30. The minimum atomic E-state index is -5.01.